The fourth-order valence-electron chi connectivity index (χ4n) is 5.65. The minimum atomic E-state index is -0.483. The maximum Gasteiger partial charge on any atom is 2.00 e. The fraction of sp³-hybridized carbons (Fsp3) is 0. The third-order valence-corrected chi connectivity index (χ3v) is 8.30. The van der Waals surface area contributed by atoms with Crippen molar-refractivity contribution in [1.82, 2.24) is 29.9 Å². The monoisotopic (exact) mass is 824 g/mol. The van der Waals surface area contributed by atoms with E-state index in [-0.39, 0.29) is 94.9 Å². The normalized spacial score (nSPS) is 10.1. The Balaban J connectivity index is 0.00000240. The number of fused-ring (bicyclic) bond motifs is 12. The van der Waals surface area contributed by atoms with Crippen LogP contribution in [0.5, 0.6) is 0 Å². The van der Waals surface area contributed by atoms with E-state index in [0.29, 0.717) is 33.1 Å². The van der Waals surface area contributed by atoms with E-state index in [2.05, 4.69) is 29.9 Å². The minimum Gasteiger partial charge on any atom is -1.00 e. The van der Waals surface area contributed by atoms with Gasteiger partial charge in [-0.05, 0) is 109 Å². The number of aromatic amines is 6. The Morgan fingerprint density at radius 1 is 0.246 bits per heavy atom. The van der Waals surface area contributed by atoms with Gasteiger partial charge >= 0.3 is 37.7 Å². The predicted molar refractivity (Wildman–Crippen MR) is 220 cm³/mol. The Morgan fingerprint density at radius 3 is 0.579 bits per heavy atom. The van der Waals surface area contributed by atoms with Gasteiger partial charge in [-0.15, -0.1) is 0 Å². The molecule has 6 N–H and O–H groups in total. The summed E-state index contributed by atoms with van der Waals surface area (Å²) in [7, 11) is 0. The second-order valence-electron chi connectivity index (χ2n) is 12.2. The molecular weight excluding hydrogens is 795 g/mol. The van der Waals surface area contributed by atoms with E-state index in [1.807, 2.05) is 0 Å². The van der Waals surface area contributed by atoms with Crippen LogP contribution in [0, 0.1) is 0 Å². The minimum absolute atomic E-state index is 0. The third-order valence-electron chi connectivity index (χ3n) is 8.30. The van der Waals surface area contributed by atoms with Crippen molar-refractivity contribution in [3.05, 3.63) is 208 Å². The van der Waals surface area contributed by atoms with Gasteiger partial charge in [-0.2, -0.15) is 0 Å². The summed E-state index contributed by atoms with van der Waals surface area (Å²) in [4.78, 5) is 96.1. The summed E-state index contributed by atoms with van der Waals surface area (Å²) >= 11 is 0. The van der Waals surface area contributed by atoms with E-state index in [1.54, 1.807) is 127 Å². The van der Waals surface area contributed by atoms with Crippen LogP contribution in [0.3, 0.4) is 0 Å². The molecule has 0 spiro atoms. The van der Waals surface area contributed by atoms with Crippen LogP contribution in [-0.4, -0.2) is 67.6 Å². The molecule has 0 unspecified atom stereocenters. The number of nitrogens with one attached hydrogen (secondary N) is 6. The van der Waals surface area contributed by atoms with E-state index in [0.717, 1.165) is 0 Å². The molecule has 0 amide bonds. The van der Waals surface area contributed by atoms with E-state index in [1.165, 1.54) is 18.2 Å². The maximum atomic E-state index is 13.2. The standard InChI is InChI=1S/C42H30N6O6.Ca.2ClH/c49-37-25-7-1-8-26(19-25)38(50)44-32-14-5-16-34(23-32)46-40(52)28-10-3-12-30(21-28)42(54)48-36-18-6-17-35(24-36)47-41(53)29-11-2-9-27(20-29)39(51)45-33-15-4-13-31(22-33)43-37;;;/h1-24H,(H,43,49)(H,44,50)(H,45,51)(H,46,52)(H,47,53)(H,48,54);;2*1H/q;+2;;/p-2. The van der Waals surface area contributed by atoms with Crippen molar-refractivity contribution >= 4 is 103 Å². The van der Waals surface area contributed by atoms with E-state index < -0.39 is 33.4 Å². The van der Waals surface area contributed by atoms with Crippen LogP contribution >= 0.6 is 0 Å². The van der Waals surface area contributed by atoms with Crippen LogP contribution in [0.1, 0.15) is 0 Å². The van der Waals surface area contributed by atoms with Gasteiger partial charge in [0.1, 0.15) is 0 Å². The molecule has 0 saturated heterocycles. The first-order valence-corrected chi connectivity index (χ1v) is 16.7. The summed E-state index contributed by atoms with van der Waals surface area (Å²) < 4.78 is 0. The zero-order valence-electron chi connectivity index (χ0n) is 29.8. The van der Waals surface area contributed by atoms with E-state index in [9.17, 15) is 28.8 Å². The molecule has 0 saturated carbocycles. The topological polar surface area (TPSA) is 197 Å². The molecule has 0 atom stereocenters. The van der Waals surface area contributed by atoms with Gasteiger partial charge in [0.15, 0.2) is 0 Å². The average molecular weight is 826 g/mol. The van der Waals surface area contributed by atoms with Crippen molar-refractivity contribution in [2.45, 2.75) is 0 Å². The quantitative estimate of drug-likeness (QED) is 0.111. The summed E-state index contributed by atoms with van der Waals surface area (Å²) in [5, 5.41) is 1.31. The van der Waals surface area contributed by atoms with Crippen molar-refractivity contribution in [1.29, 1.82) is 0 Å². The zero-order chi connectivity index (χ0) is 37.6. The predicted octanol–water partition coefficient (Wildman–Crippen LogP) is -0.577. The summed E-state index contributed by atoms with van der Waals surface area (Å²) in [6, 6.07) is 38.1. The first-order chi connectivity index (χ1) is 26.2. The van der Waals surface area contributed by atoms with Crippen LogP contribution in [0.15, 0.2) is 174 Å². The number of hydrogen-bond donors (Lipinski definition) is 6. The Kier molecular flexibility index (Phi) is 15.1. The van der Waals surface area contributed by atoms with Gasteiger partial charge in [0.2, 0.25) is 0 Å². The summed E-state index contributed by atoms with van der Waals surface area (Å²) in [6.45, 7) is 0. The van der Waals surface area contributed by atoms with Gasteiger partial charge < -0.3 is 54.7 Å². The molecule has 0 radical (unpaired) electrons. The third kappa shape index (κ3) is 11.1. The maximum absolute atomic E-state index is 13.2. The zero-order valence-corrected chi connectivity index (χ0v) is 33.5. The van der Waals surface area contributed by atoms with E-state index in [4.69, 9.17) is 0 Å². The first-order valence-electron chi connectivity index (χ1n) is 16.7. The molecule has 6 aromatic carbocycles. The summed E-state index contributed by atoms with van der Waals surface area (Å²) in [5.41, 5.74) is -0.540. The van der Waals surface area contributed by atoms with Gasteiger partial charge in [-0.1, -0.05) is 36.4 Å². The van der Waals surface area contributed by atoms with Crippen LogP contribution in [0.25, 0.3) is 65.4 Å². The number of rotatable bonds is 0. The van der Waals surface area contributed by atoms with Crippen molar-refractivity contribution in [2.24, 2.45) is 0 Å². The first kappa shape index (κ1) is 43.7. The SMILES string of the molecule is O=c1[nH]c2cccc(c2)[nH]c(=O)c2cccc(c2)c(=O)[nH]c2cccc(c2)[nH]c(=O)c2cccc(c2)c(=O)[nH]c2cccc(c2)[nH]c(=O)c2cccc1c2.[Ca+2].[Cl-].[Cl-]. The van der Waals surface area contributed by atoms with Crippen LogP contribution < -0.4 is 58.2 Å². The van der Waals surface area contributed by atoms with Crippen LogP contribution in [0.2, 0.25) is 0 Å². The Hall–Kier alpha value is -6.02. The molecule has 0 aliphatic rings. The number of H-pyrrole nitrogens is 6. The smallest absolute Gasteiger partial charge is 1.00 e. The number of hydrogen-bond acceptors (Lipinski definition) is 6. The molecule has 0 aliphatic heterocycles. The Labute approximate surface area is 362 Å². The summed E-state index contributed by atoms with van der Waals surface area (Å²) in [5.74, 6) is 0. The molecule has 57 heavy (non-hydrogen) atoms. The van der Waals surface area contributed by atoms with Crippen LogP contribution in [-0.2, 0) is 0 Å². The van der Waals surface area contributed by atoms with Gasteiger partial charge in [0, 0.05) is 65.4 Å². The summed E-state index contributed by atoms with van der Waals surface area (Å²) in [6.07, 6.45) is 0. The molecule has 12 nitrogen and oxygen atoms in total. The number of halogens is 2. The van der Waals surface area contributed by atoms with Crippen molar-refractivity contribution in [2.75, 3.05) is 0 Å². The second kappa shape index (κ2) is 19.7. The number of aromatic nitrogens is 6. The molecular formula is C42H30CaCl2N6O6. The van der Waals surface area contributed by atoms with Crippen molar-refractivity contribution in [3.63, 3.8) is 0 Å². The average Bonchev–Trinajstić information content (AvgIpc) is 3.18. The molecule has 15 heteroatoms. The Morgan fingerprint density at radius 2 is 0.404 bits per heavy atom. The van der Waals surface area contributed by atoms with Crippen LogP contribution in [0.4, 0.5) is 0 Å². The molecule has 12 bridgehead atoms. The molecule has 0 fully saturated rings. The van der Waals surface area contributed by atoms with E-state index >= 15 is 0 Å². The number of benzene rings is 6. The Bertz CT molecular complexity index is 2800. The largest absolute Gasteiger partial charge is 2.00 e. The van der Waals surface area contributed by atoms with Crippen molar-refractivity contribution in [3.8, 4) is 0 Å². The molecule has 1 heterocycles. The molecule has 0 aliphatic carbocycles. The molecule has 7 rings (SSSR count). The van der Waals surface area contributed by atoms with Crippen molar-refractivity contribution < 1.29 is 24.8 Å². The van der Waals surface area contributed by atoms with Gasteiger partial charge in [0.25, 0.3) is 33.4 Å². The van der Waals surface area contributed by atoms with Gasteiger partial charge in [-0.3, -0.25) is 28.8 Å². The second-order valence-corrected chi connectivity index (χ2v) is 12.2. The molecule has 280 valence electrons. The molecule has 1 aromatic heterocycles. The van der Waals surface area contributed by atoms with Gasteiger partial charge in [0.05, 0.1) is 0 Å². The fourth-order valence-corrected chi connectivity index (χ4v) is 5.65. The van der Waals surface area contributed by atoms with Gasteiger partial charge in [-0.25, -0.2) is 0 Å². The molecule has 7 aromatic rings.